The zero-order chi connectivity index (χ0) is 22.8. The van der Waals surface area contributed by atoms with Crippen LogP contribution >= 0.6 is 0 Å². The number of rotatable bonds is 7. The zero-order valence-corrected chi connectivity index (χ0v) is 16.9. The Balaban J connectivity index is 0.000000479. The number of aliphatic carboxylic acids is 2. The van der Waals surface area contributed by atoms with Gasteiger partial charge in [0.15, 0.2) is 0 Å². The quantitative estimate of drug-likeness (QED) is 0.417. The number of likely N-dealkylation sites (N-methyl/N-ethyl adjacent to an activating group) is 1. The number of likely N-dealkylation sites (tertiary alicyclic amines) is 1. The van der Waals surface area contributed by atoms with Gasteiger partial charge in [-0.1, -0.05) is 30.3 Å². The summed E-state index contributed by atoms with van der Waals surface area (Å²) in [5.74, 6) is -3.45. The van der Waals surface area contributed by atoms with Crippen LogP contribution in [0.15, 0.2) is 42.5 Å². The molecule has 1 aliphatic heterocycles. The van der Waals surface area contributed by atoms with Crippen molar-refractivity contribution >= 4 is 29.7 Å². The Kier molecular flexibility index (Phi) is 9.37. The van der Waals surface area contributed by atoms with Gasteiger partial charge in [-0.05, 0) is 26.6 Å². The van der Waals surface area contributed by atoms with E-state index in [2.05, 4.69) is 5.32 Å². The van der Waals surface area contributed by atoms with Crippen LogP contribution in [0.2, 0.25) is 0 Å². The first-order chi connectivity index (χ1) is 14.0. The third-order valence-corrected chi connectivity index (χ3v) is 4.23. The lowest BCUT2D eigenvalue weighted by Gasteiger charge is -2.23. The van der Waals surface area contributed by atoms with Crippen molar-refractivity contribution in [2.24, 2.45) is 0 Å². The minimum absolute atomic E-state index is 0.127. The zero-order valence-electron chi connectivity index (χ0n) is 16.9. The van der Waals surface area contributed by atoms with Gasteiger partial charge in [-0.2, -0.15) is 0 Å². The molecule has 0 radical (unpaired) electrons. The summed E-state index contributed by atoms with van der Waals surface area (Å²) in [7, 11) is 3.50. The highest BCUT2D eigenvalue weighted by atomic mass is 16.4. The highest BCUT2D eigenvalue weighted by Crippen LogP contribution is 2.19. The molecular formula is C20H25N3O7. The molecule has 10 nitrogen and oxygen atoms in total. The molecule has 0 bridgehead atoms. The average Bonchev–Trinajstić information content (AvgIpc) is 2.99. The predicted octanol–water partition coefficient (Wildman–Crippen LogP) is 0.0922. The first-order valence-electron chi connectivity index (χ1n) is 9.02. The Morgan fingerprint density at radius 2 is 1.67 bits per heavy atom. The van der Waals surface area contributed by atoms with E-state index < -0.39 is 24.0 Å². The first kappa shape index (κ1) is 24.5. The molecule has 2 rings (SSSR count). The van der Waals surface area contributed by atoms with Gasteiger partial charge in [0, 0.05) is 18.7 Å². The van der Waals surface area contributed by atoms with Crippen molar-refractivity contribution in [1.29, 1.82) is 0 Å². The van der Waals surface area contributed by atoms with Crippen LogP contribution in [0.3, 0.4) is 0 Å². The van der Waals surface area contributed by atoms with E-state index >= 15 is 0 Å². The maximum absolute atomic E-state index is 12.3. The normalized spacial score (nSPS) is 16.9. The third kappa shape index (κ3) is 7.47. The Labute approximate surface area is 173 Å². The molecule has 3 amide bonds. The molecule has 162 valence electrons. The van der Waals surface area contributed by atoms with E-state index in [1.165, 1.54) is 0 Å². The van der Waals surface area contributed by atoms with Crippen molar-refractivity contribution in [3.8, 4) is 0 Å². The monoisotopic (exact) mass is 419 g/mol. The van der Waals surface area contributed by atoms with Crippen LogP contribution in [-0.4, -0.2) is 75.9 Å². The fourth-order valence-electron chi connectivity index (χ4n) is 2.64. The largest absolute Gasteiger partial charge is 0.478 e. The minimum atomic E-state index is -1.26. The fraction of sp³-hybridized carbons (Fsp3) is 0.350. The minimum Gasteiger partial charge on any atom is -0.478 e. The van der Waals surface area contributed by atoms with Crippen molar-refractivity contribution in [1.82, 2.24) is 15.1 Å². The lowest BCUT2D eigenvalue weighted by Crippen LogP contribution is -2.49. The van der Waals surface area contributed by atoms with Gasteiger partial charge in [0.25, 0.3) is 0 Å². The van der Waals surface area contributed by atoms with E-state index in [0.29, 0.717) is 18.7 Å². The number of imide groups is 1. The smallest absolute Gasteiger partial charge is 0.328 e. The lowest BCUT2D eigenvalue weighted by atomic mass is 10.2. The molecule has 30 heavy (non-hydrogen) atoms. The molecule has 1 heterocycles. The van der Waals surface area contributed by atoms with Gasteiger partial charge in [-0.25, -0.2) is 9.59 Å². The summed E-state index contributed by atoms with van der Waals surface area (Å²) >= 11 is 0. The maximum atomic E-state index is 12.3. The van der Waals surface area contributed by atoms with Gasteiger partial charge in [-0.15, -0.1) is 0 Å². The van der Waals surface area contributed by atoms with E-state index in [1.54, 1.807) is 25.9 Å². The van der Waals surface area contributed by atoms with Gasteiger partial charge in [-0.3, -0.25) is 24.2 Å². The van der Waals surface area contributed by atoms with Crippen LogP contribution in [-0.2, 0) is 30.5 Å². The summed E-state index contributed by atoms with van der Waals surface area (Å²) in [6, 6.07) is 8.21. The van der Waals surface area contributed by atoms with Crippen LogP contribution in [0.5, 0.6) is 0 Å². The van der Waals surface area contributed by atoms with Gasteiger partial charge in [0.1, 0.15) is 6.04 Å². The number of carbonyl (C=O) groups is 5. The molecule has 0 aromatic heterocycles. The highest BCUT2D eigenvalue weighted by Gasteiger charge is 2.43. The van der Waals surface area contributed by atoms with Crippen molar-refractivity contribution in [3.63, 3.8) is 0 Å². The Hall–Kier alpha value is -3.53. The summed E-state index contributed by atoms with van der Waals surface area (Å²) in [4.78, 5) is 58.4. The molecule has 1 aromatic carbocycles. The van der Waals surface area contributed by atoms with Gasteiger partial charge < -0.3 is 15.5 Å². The number of benzene rings is 1. The van der Waals surface area contributed by atoms with E-state index in [0.717, 1.165) is 10.5 Å². The van der Waals surface area contributed by atoms with E-state index in [-0.39, 0.29) is 24.1 Å². The summed E-state index contributed by atoms with van der Waals surface area (Å²) in [5.41, 5.74) is 0.966. The molecule has 1 aromatic rings. The molecule has 0 aliphatic carbocycles. The molecule has 3 N–H and O–H groups in total. The Morgan fingerprint density at radius 3 is 2.10 bits per heavy atom. The summed E-state index contributed by atoms with van der Waals surface area (Å²) in [5, 5.41) is 18.4. The summed E-state index contributed by atoms with van der Waals surface area (Å²) in [6.07, 6.45) is 1.24. The first-order valence-corrected chi connectivity index (χ1v) is 9.02. The molecule has 0 saturated carbocycles. The van der Waals surface area contributed by atoms with E-state index in [9.17, 15) is 24.0 Å². The predicted molar refractivity (Wildman–Crippen MR) is 106 cm³/mol. The number of nitrogens with zero attached hydrogens (tertiary/aromatic N) is 2. The van der Waals surface area contributed by atoms with Gasteiger partial charge in [0.05, 0.1) is 12.5 Å². The molecular weight excluding hydrogens is 394 g/mol. The van der Waals surface area contributed by atoms with Crippen LogP contribution < -0.4 is 5.32 Å². The third-order valence-electron chi connectivity index (χ3n) is 4.23. The van der Waals surface area contributed by atoms with Crippen molar-refractivity contribution in [2.75, 3.05) is 14.1 Å². The molecule has 10 heteroatoms. The van der Waals surface area contributed by atoms with Crippen molar-refractivity contribution in [3.05, 3.63) is 48.0 Å². The molecule has 1 saturated heterocycles. The molecule has 2 atom stereocenters. The number of hydrogen-bond acceptors (Lipinski definition) is 6. The van der Waals surface area contributed by atoms with Crippen molar-refractivity contribution in [2.45, 2.75) is 32.0 Å². The standard InChI is InChI=1S/C16H21N3O3.C4H4O4/c1-11(15(21)17-10-12-7-5-4-6-8-12)19-14(20)9-13(16(19)22)18(2)3;5-3(6)1-2-4(7)8/h4-8,11,13H,9-10H2,1-3H3,(H,17,21);1-2H,(H,5,6)(H,7,8)/b;2-1+. The number of hydrogen-bond donors (Lipinski definition) is 3. The Bertz CT molecular complexity index is 805. The van der Waals surface area contributed by atoms with E-state index in [4.69, 9.17) is 10.2 Å². The van der Waals surface area contributed by atoms with Crippen LogP contribution in [0, 0.1) is 0 Å². The number of nitrogens with one attached hydrogen (secondary N) is 1. The topological polar surface area (TPSA) is 144 Å². The molecule has 1 fully saturated rings. The van der Waals surface area contributed by atoms with Gasteiger partial charge in [0.2, 0.25) is 17.7 Å². The number of amides is 3. The van der Waals surface area contributed by atoms with Crippen molar-refractivity contribution < 1.29 is 34.2 Å². The van der Waals surface area contributed by atoms with Crippen LogP contribution in [0.1, 0.15) is 18.9 Å². The number of carbonyl (C=O) groups excluding carboxylic acids is 3. The Morgan fingerprint density at radius 1 is 1.13 bits per heavy atom. The second-order valence-electron chi connectivity index (χ2n) is 6.67. The second-order valence-corrected chi connectivity index (χ2v) is 6.67. The van der Waals surface area contributed by atoms with Gasteiger partial charge >= 0.3 is 11.9 Å². The molecule has 2 unspecified atom stereocenters. The van der Waals surface area contributed by atoms with Crippen LogP contribution in [0.25, 0.3) is 0 Å². The second kappa shape index (κ2) is 11.5. The number of carboxylic acids is 2. The molecule has 0 spiro atoms. The summed E-state index contributed by atoms with van der Waals surface area (Å²) in [6.45, 7) is 1.95. The molecule has 1 aliphatic rings. The number of carboxylic acid groups (broad SMARTS) is 2. The van der Waals surface area contributed by atoms with E-state index in [1.807, 2.05) is 30.3 Å². The summed E-state index contributed by atoms with van der Waals surface area (Å²) < 4.78 is 0. The average molecular weight is 419 g/mol. The lowest BCUT2D eigenvalue weighted by molar-refractivity contribution is -0.147. The van der Waals surface area contributed by atoms with Crippen LogP contribution in [0.4, 0.5) is 0 Å². The fourth-order valence-corrected chi connectivity index (χ4v) is 2.64. The highest BCUT2D eigenvalue weighted by molar-refractivity contribution is 6.08. The maximum Gasteiger partial charge on any atom is 0.328 e. The SMILES string of the molecule is CC(C(=O)NCc1ccccc1)N1C(=O)CC(N(C)C)C1=O.O=C(O)/C=C/C(=O)O.